The summed E-state index contributed by atoms with van der Waals surface area (Å²) in [5.74, 6) is 0. The molecule has 0 spiro atoms. The van der Waals surface area contributed by atoms with Crippen LogP contribution in [-0.2, 0) is 21.3 Å². The van der Waals surface area contributed by atoms with E-state index in [-0.39, 0.29) is 6.10 Å². The third-order valence-electron chi connectivity index (χ3n) is 3.70. The third-order valence-corrected chi connectivity index (χ3v) is 5.26. The van der Waals surface area contributed by atoms with Crippen LogP contribution in [0.4, 0.5) is 0 Å². The van der Waals surface area contributed by atoms with Gasteiger partial charge in [0.05, 0.1) is 11.0 Å². The van der Waals surface area contributed by atoms with Gasteiger partial charge in [-0.15, -0.1) is 0 Å². The molecule has 118 valence electrons. The Balaban J connectivity index is 2.08. The molecule has 0 aromatic heterocycles. The molecule has 0 bridgehead atoms. The van der Waals surface area contributed by atoms with E-state index in [0.717, 1.165) is 37.0 Å². The predicted octanol–water partition coefficient (Wildman–Crippen LogP) is 1.56. The lowest BCUT2D eigenvalue weighted by Gasteiger charge is -2.23. The molecule has 0 saturated carbocycles. The fourth-order valence-corrected chi connectivity index (χ4v) is 3.86. The highest BCUT2D eigenvalue weighted by Gasteiger charge is 2.21. The predicted molar refractivity (Wildman–Crippen MR) is 82.7 cm³/mol. The Labute approximate surface area is 127 Å². The summed E-state index contributed by atoms with van der Waals surface area (Å²) in [7, 11) is -1.65. The quantitative estimate of drug-likeness (QED) is 0.836. The van der Waals surface area contributed by atoms with Crippen molar-refractivity contribution < 1.29 is 13.2 Å². The van der Waals surface area contributed by atoms with Crippen LogP contribution in [0.15, 0.2) is 23.1 Å². The zero-order valence-electron chi connectivity index (χ0n) is 12.7. The Kier molecular flexibility index (Phi) is 5.75. The van der Waals surface area contributed by atoms with Crippen LogP contribution in [0.3, 0.4) is 0 Å². The fraction of sp³-hybridized carbons (Fsp3) is 0.600. The lowest BCUT2D eigenvalue weighted by atomic mass is 10.1. The summed E-state index contributed by atoms with van der Waals surface area (Å²) in [6.07, 6.45) is 3.08. The minimum atomic E-state index is -3.49. The monoisotopic (exact) mass is 312 g/mol. The van der Waals surface area contributed by atoms with Crippen LogP contribution in [0.2, 0.25) is 0 Å². The molecule has 0 amide bonds. The fourth-order valence-electron chi connectivity index (χ4n) is 2.50. The van der Waals surface area contributed by atoms with Gasteiger partial charge in [0.25, 0.3) is 0 Å². The van der Waals surface area contributed by atoms with Crippen LogP contribution >= 0.6 is 0 Å². The first-order chi connectivity index (χ1) is 10.0. The average molecular weight is 312 g/mol. The number of rotatable bonds is 6. The highest BCUT2D eigenvalue weighted by Crippen LogP contribution is 2.18. The Morgan fingerprint density at radius 1 is 1.33 bits per heavy atom. The van der Waals surface area contributed by atoms with Gasteiger partial charge in [-0.25, -0.2) is 13.1 Å². The van der Waals surface area contributed by atoms with E-state index in [0.29, 0.717) is 18.0 Å². The second-order valence-electron chi connectivity index (χ2n) is 5.47. The summed E-state index contributed by atoms with van der Waals surface area (Å²) in [5, 5.41) is 3.03. The van der Waals surface area contributed by atoms with Crippen LogP contribution in [-0.4, -0.2) is 34.7 Å². The molecule has 1 aliphatic heterocycles. The number of sulfonamides is 1. The molecule has 1 aliphatic rings. The second-order valence-corrected chi connectivity index (χ2v) is 7.21. The summed E-state index contributed by atoms with van der Waals surface area (Å²) >= 11 is 0. The van der Waals surface area contributed by atoms with E-state index >= 15 is 0 Å². The first-order valence-electron chi connectivity index (χ1n) is 7.38. The second kappa shape index (κ2) is 7.35. The van der Waals surface area contributed by atoms with Crippen molar-refractivity contribution in [3.8, 4) is 0 Å². The Morgan fingerprint density at radius 3 is 2.81 bits per heavy atom. The molecular formula is C15H24N2O3S. The van der Waals surface area contributed by atoms with Gasteiger partial charge in [0.1, 0.15) is 0 Å². The molecule has 1 heterocycles. The normalized spacial score (nSPS) is 19.6. The molecule has 21 heavy (non-hydrogen) atoms. The maximum Gasteiger partial charge on any atom is 0.240 e. The number of ether oxygens (including phenoxy) is 1. The van der Waals surface area contributed by atoms with E-state index in [2.05, 4.69) is 10.0 Å². The van der Waals surface area contributed by atoms with Gasteiger partial charge in [0.15, 0.2) is 0 Å². The van der Waals surface area contributed by atoms with E-state index in [4.69, 9.17) is 4.74 Å². The molecule has 1 aromatic rings. The van der Waals surface area contributed by atoms with Crippen LogP contribution < -0.4 is 10.0 Å². The Bertz CT molecular complexity index is 566. The summed E-state index contributed by atoms with van der Waals surface area (Å²) in [5.41, 5.74) is 1.71. The van der Waals surface area contributed by atoms with E-state index < -0.39 is 10.0 Å². The van der Waals surface area contributed by atoms with E-state index in [1.54, 1.807) is 6.07 Å². The average Bonchev–Trinajstić information content (AvgIpc) is 2.48. The van der Waals surface area contributed by atoms with Gasteiger partial charge in [-0.1, -0.05) is 12.1 Å². The minimum Gasteiger partial charge on any atom is -0.377 e. The SMILES string of the molecule is CNCc1ccc(C)c(S(=O)(=O)NCC2CCCCO2)c1. The molecule has 1 saturated heterocycles. The van der Waals surface area contributed by atoms with Crippen LogP contribution in [0.1, 0.15) is 30.4 Å². The molecule has 2 N–H and O–H groups in total. The van der Waals surface area contributed by atoms with E-state index in [1.807, 2.05) is 26.1 Å². The van der Waals surface area contributed by atoms with Crippen molar-refractivity contribution in [1.82, 2.24) is 10.0 Å². The van der Waals surface area contributed by atoms with Crippen molar-refractivity contribution in [3.63, 3.8) is 0 Å². The highest BCUT2D eigenvalue weighted by atomic mass is 32.2. The van der Waals surface area contributed by atoms with Crippen LogP contribution in [0, 0.1) is 6.92 Å². The van der Waals surface area contributed by atoms with Gasteiger partial charge in [-0.2, -0.15) is 0 Å². The topological polar surface area (TPSA) is 67.4 Å². The lowest BCUT2D eigenvalue weighted by molar-refractivity contribution is 0.0200. The van der Waals surface area contributed by atoms with Crippen molar-refractivity contribution in [2.24, 2.45) is 0 Å². The van der Waals surface area contributed by atoms with Gasteiger partial charge in [0, 0.05) is 19.7 Å². The zero-order valence-corrected chi connectivity index (χ0v) is 13.5. The van der Waals surface area contributed by atoms with Crippen molar-refractivity contribution in [2.75, 3.05) is 20.2 Å². The molecule has 6 heteroatoms. The standard InChI is InChI=1S/C15H24N2O3S/c1-12-6-7-13(10-16-2)9-15(12)21(18,19)17-11-14-5-3-4-8-20-14/h6-7,9,14,16-17H,3-5,8,10-11H2,1-2H3. The number of hydrogen-bond donors (Lipinski definition) is 2. The van der Waals surface area contributed by atoms with E-state index in [1.165, 1.54) is 0 Å². The number of nitrogens with one attached hydrogen (secondary N) is 2. The van der Waals surface area contributed by atoms with Crippen molar-refractivity contribution in [3.05, 3.63) is 29.3 Å². The molecular weight excluding hydrogens is 288 g/mol. The summed E-state index contributed by atoms with van der Waals surface area (Å²) in [6, 6.07) is 5.52. The minimum absolute atomic E-state index is 0.00526. The van der Waals surface area contributed by atoms with Gasteiger partial charge in [-0.3, -0.25) is 0 Å². The lowest BCUT2D eigenvalue weighted by Crippen LogP contribution is -2.35. The number of aryl methyl sites for hydroxylation is 1. The highest BCUT2D eigenvalue weighted by molar-refractivity contribution is 7.89. The van der Waals surface area contributed by atoms with Crippen molar-refractivity contribution >= 4 is 10.0 Å². The van der Waals surface area contributed by atoms with Gasteiger partial charge in [-0.05, 0) is 50.4 Å². The van der Waals surface area contributed by atoms with Gasteiger partial charge >= 0.3 is 0 Å². The van der Waals surface area contributed by atoms with Crippen LogP contribution in [0.5, 0.6) is 0 Å². The molecule has 1 aromatic carbocycles. The van der Waals surface area contributed by atoms with Gasteiger partial charge in [0.2, 0.25) is 10.0 Å². The zero-order chi connectivity index (χ0) is 15.3. The van der Waals surface area contributed by atoms with Gasteiger partial charge < -0.3 is 10.1 Å². The van der Waals surface area contributed by atoms with Crippen molar-refractivity contribution in [1.29, 1.82) is 0 Å². The van der Waals surface area contributed by atoms with Crippen LogP contribution in [0.25, 0.3) is 0 Å². The Morgan fingerprint density at radius 2 is 2.14 bits per heavy atom. The third kappa shape index (κ3) is 4.51. The largest absolute Gasteiger partial charge is 0.377 e. The smallest absolute Gasteiger partial charge is 0.240 e. The number of hydrogen-bond acceptors (Lipinski definition) is 4. The summed E-state index contributed by atoms with van der Waals surface area (Å²) in [4.78, 5) is 0.353. The molecule has 1 fully saturated rings. The molecule has 1 unspecified atom stereocenters. The molecule has 0 aliphatic carbocycles. The molecule has 5 nitrogen and oxygen atoms in total. The maximum absolute atomic E-state index is 12.5. The summed E-state index contributed by atoms with van der Waals surface area (Å²) < 4.78 is 33.2. The first kappa shape index (κ1) is 16.4. The van der Waals surface area contributed by atoms with Crippen molar-refractivity contribution in [2.45, 2.75) is 43.7 Å². The maximum atomic E-state index is 12.5. The molecule has 1 atom stereocenters. The Hall–Kier alpha value is -0.950. The summed E-state index contributed by atoms with van der Waals surface area (Å²) in [6.45, 7) is 3.53. The first-order valence-corrected chi connectivity index (χ1v) is 8.86. The molecule has 0 radical (unpaired) electrons. The number of benzene rings is 1. The van der Waals surface area contributed by atoms with E-state index in [9.17, 15) is 8.42 Å². The molecule has 2 rings (SSSR count).